The number of carbonyl (C=O) groups is 1. The van der Waals surface area contributed by atoms with Gasteiger partial charge in [0.25, 0.3) is 5.91 Å². The lowest BCUT2D eigenvalue weighted by Crippen LogP contribution is -2.14. The minimum absolute atomic E-state index is 0.0393. The highest BCUT2D eigenvalue weighted by Crippen LogP contribution is 2.31. The molecule has 1 aliphatic carbocycles. The van der Waals surface area contributed by atoms with Gasteiger partial charge in [0.2, 0.25) is 0 Å². The molecular formula is C13H12F2N4OS. The van der Waals surface area contributed by atoms with Crippen LogP contribution in [0.1, 0.15) is 22.5 Å². The lowest BCUT2D eigenvalue weighted by Gasteiger charge is -2.06. The van der Waals surface area contributed by atoms with Crippen molar-refractivity contribution in [3.05, 3.63) is 34.7 Å². The molecule has 1 saturated carbocycles. The average Bonchev–Trinajstić information content (AvgIpc) is 3.16. The zero-order chi connectivity index (χ0) is 15.0. The number of rotatable bonds is 4. The van der Waals surface area contributed by atoms with Crippen LogP contribution in [0.5, 0.6) is 0 Å². The number of nitrogens with zero attached hydrogens (tertiary/aromatic N) is 1. The third-order valence-corrected chi connectivity index (χ3v) is 3.97. The molecule has 5 nitrogen and oxygen atoms in total. The van der Waals surface area contributed by atoms with Gasteiger partial charge in [-0.25, -0.2) is 13.8 Å². The molecule has 1 amide bonds. The Kier molecular flexibility index (Phi) is 3.46. The maximum atomic E-state index is 13.5. The van der Waals surface area contributed by atoms with Crippen molar-refractivity contribution < 1.29 is 13.6 Å². The molecule has 2 aromatic rings. The van der Waals surface area contributed by atoms with Gasteiger partial charge in [-0.15, -0.1) is 0 Å². The summed E-state index contributed by atoms with van der Waals surface area (Å²) in [6, 6.07) is 3.72. The van der Waals surface area contributed by atoms with E-state index < -0.39 is 23.2 Å². The van der Waals surface area contributed by atoms with Crippen LogP contribution >= 0.6 is 11.3 Å². The summed E-state index contributed by atoms with van der Waals surface area (Å²) in [4.78, 5) is 16.2. The Morgan fingerprint density at radius 3 is 2.62 bits per heavy atom. The van der Waals surface area contributed by atoms with Crippen molar-refractivity contribution >= 4 is 33.9 Å². The Hall–Kier alpha value is -2.22. The molecular weight excluding hydrogens is 298 g/mol. The second-order valence-corrected chi connectivity index (χ2v) is 5.70. The number of halogens is 2. The quantitative estimate of drug-likeness (QED) is 0.811. The molecule has 110 valence electrons. The topological polar surface area (TPSA) is 80.0 Å². The summed E-state index contributed by atoms with van der Waals surface area (Å²) in [6.45, 7) is 0. The number of thiazole rings is 1. The van der Waals surface area contributed by atoms with Gasteiger partial charge in [0.05, 0.1) is 0 Å². The van der Waals surface area contributed by atoms with Crippen LogP contribution in [0.2, 0.25) is 0 Å². The van der Waals surface area contributed by atoms with Crippen LogP contribution in [-0.4, -0.2) is 16.9 Å². The lowest BCUT2D eigenvalue weighted by molar-refractivity contribution is 0.103. The van der Waals surface area contributed by atoms with E-state index in [4.69, 9.17) is 5.73 Å². The first-order chi connectivity index (χ1) is 10.0. The number of carbonyl (C=O) groups excluding carboxylic acids is 1. The third kappa shape index (κ3) is 2.94. The summed E-state index contributed by atoms with van der Waals surface area (Å²) in [5, 5.41) is 5.85. The molecule has 21 heavy (non-hydrogen) atoms. The first-order valence-electron chi connectivity index (χ1n) is 6.33. The van der Waals surface area contributed by atoms with E-state index in [-0.39, 0.29) is 10.7 Å². The smallest absolute Gasteiger partial charge is 0.269 e. The number of nitrogens with one attached hydrogen (secondary N) is 2. The van der Waals surface area contributed by atoms with Gasteiger partial charge < -0.3 is 16.4 Å². The largest absolute Gasteiger partial charge is 0.382 e. The predicted molar refractivity (Wildman–Crippen MR) is 77.5 cm³/mol. The molecule has 1 fully saturated rings. The van der Waals surface area contributed by atoms with Gasteiger partial charge in [0, 0.05) is 6.04 Å². The minimum atomic E-state index is -0.845. The summed E-state index contributed by atoms with van der Waals surface area (Å²) in [5.41, 5.74) is 5.19. The number of nitrogens with two attached hydrogens (primary N) is 1. The molecule has 0 atom stereocenters. The highest BCUT2D eigenvalue weighted by Gasteiger charge is 2.24. The van der Waals surface area contributed by atoms with Crippen molar-refractivity contribution in [1.29, 1.82) is 0 Å². The van der Waals surface area contributed by atoms with Crippen LogP contribution in [0.15, 0.2) is 18.2 Å². The Morgan fingerprint density at radius 1 is 1.33 bits per heavy atom. The molecule has 0 radical (unpaired) electrons. The zero-order valence-electron chi connectivity index (χ0n) is 10.8. The second kappa shape index (κ2) is 5.28. The first-order valence-corrected chi connectivity index (χ1v) is 7.14. The number of anilines is 3. The van der Waals surface area contributed by atoms with E-state index in [1.807, 2.05) is 0 Å². The van der Waals surface area contributed by atoms with Gasteiger partial charge in [0.1, 0.15) is 28.0 Å². The highest BCUT2D eigenvalue weighted by molar-refractivity contribution is 7.18. The van der Waals surface area contributed by atoms with Crippen molar-refractivity contribution in [2.75, 3.05) is 16.4 Å². The van der Waals surface area contributed by atoms with E-state index in [1.54, 1.807) is 0 Å². The standard InChI is InChI=1S/C13H12F2N4OS/c14-7-2-1-3-8(15)9(7)18-12(20)10-11(16)19-13(21-10)17-6-4-5-6/h1-3,6H,4-5,16H2,(H,17,19)(H,18,20). The number of aromatic nitrogens is 1. The van der Waals surface area contributed by atoms with E-state index in [2.05, 4.69) is 15.6 Å². The van der Waals surface area contributed by atoms with Gasteiger partial charge >= 0.3 is 0 Å². The van der Waals surface area contributed by atoms with Crippen LogP contribution < -0.4 is 16.4 Å². The molecule has 0 spiro atoms. The van der Waals surface area contributed by atoms with E-state index in [0.29, 0.717) is 11.2 Å². The van der Waals surface area contributed by atoms with Gasteiger partial charge in [-0.1, -0.05) is 17.4 Å². The predicted octanol–water partition coefficient (Wildman–Crippen LogP) is 2.83. The average molecular weight is 310 g/mol. The molecule has 1 heterocycles. The summed E-state index contributed by atoms with van der Waals surface area (Å²) in [6.07, 6.45) is 2.11. The number of para-hydroxylation sites is 1. The van der Waals surface area contributed by atoms with Gasteiger partial charge in [-0.3, -0.25) is 4.79 Å². The van der Waals surface area contributed by atoms with Crippen molar-refractivity contribution in [1.82, 2.24) is 4.98 Å². The summed E-state index contributed by atoms with van der Waals surface area (Å²) in [7, 11) is 0. The fraction of sp³-hybridized carbons (Fsp3) is 0.231. The summed E-state index contributed by atoms with van der Waals surface area (Å²) in [5.74, 6) is -2.33. The molecule has 8 heteroatoms. The maximum absolute atomic E-state index is 13.5. The third-order valence-electron chi connectivity index (χ3n) is 2.97. The van der Waals surface area contributed by atoms with Gasteiger partial charge in [-0.05, 0) is 25.0 Å². The van der Waals surface area contributed by atoms with E-state index >= 15 is 0 Å². The van der Waals surface area contributed by atoms with Crippen LogP contribution in [0, 0.1) is 11.6 Å². The van der Waals surface area contributed by atoms with Crippen LogP contribution in [-0.2, 0) is 0 Å². The Morgan fingerprint density at radius 2 is 2.00 bits per heavy atom. The number of hydrogen-bond donors (Lipinski definition) is 3. The second-order valence-electron chi connectivity index (χ2n) is 4.70. The first kappa shape index (κ1) is 13.7. The highest BCUT2D eigenvalue weighted by atomic mass is 32.1. The Balaban J connectivity index is 1.80. The molecule has 1 aliphatic rings. The Labute approximate surface area is 123 Å². The fourth-order valence-electron chi connectivity index (χ4n) is 1.75. The molecule has 1 aromatic heterocycles. The van der Waals surface area contributed by atoms with Crippen molar-refractivity contribution in [2.45, 2.75) is 18.9 Å². The molecule has 0 bridgehead atoms. The SMILES string of the molecule is Nc1nc(NC2CC2)sc1C(=O)Nc1c(F)cccc1F. The molecule has 3 rings (SSSR count). The van der Waals surface area contributed by atoms with E-state index in [0.717, 1.165) is 36.3 Å². The van der Waals surface area contributed by atoms with Crippen LogP contribution in [0.4, 0.5) is 25.4 Å². The Bertz CT molecular complexity index is 679. The molecule has 1 aromatic carbocycles. The summed E-state index contributed by atoms with van der Waals surface area (Å²) >= 11 is 1.06. The van der Waals surface area contributed by atoms with Gasteiger partial charge in [-0.2, -0.15) is 0 Å². The lowest BCUT2D eigenvalue weighted by atomic mass is 10.3. The van der Waals surface area contributed by atoms with Crippen LogP contribution in [0.3, 0.4) is 0 Å². The minimum Gasteiger partial charge on any atom is -0.382 e. The van der Waals surface area contributed by atoms with Crippen LogP contribution in [0.25, 0.3) is 0 Å². The number of benzene rings is 1. The summed E-state index contributed by atoms with van der Waals surface area (Å²) < 4.78 is 27.0. The monoisotopic (exact) mass is 310 g/mol. The molecule has 0 unspecified atom stereocenters. The van der Waals surface area contributed by atoms with E-state index in [9.17, 15) is 13.6 Å². The molecule has 0 aliphatic heterocycles. The number of hydrogen-bond acceptors (Lipinski definition) is 5. The van der Waals surface area contributed by atoms with E-state index in [1.165, 1.54) is 6.07 Å². The van der Waals surface area contributed by atoms with Crippen molar-refractivity contribution in [3.63, 3.8) is 0 Å². The number of nitrogen functional groups attached to an aromatic ring is 1. The van der Waals surface area contributed by atoms with Crippen molar-refractivity contribution in [3.8, 4) is 0 Å². The maximum Gasteiger partial charge on any atom is 0.269 e. The fourth-order valence-corrected chi connectivity index (χ4v) is 2.60. The van der Waals surface area contributed by atoms with Gasteiger partial charge in [0.15, 0.2) is 5.13 Å². The molecule has 4 N–H and O–H groups in total. The molecule has 0 saturated heterocycles. The number of amides is 1. The van der Waals surface area contributed by atoms with Crippen molar-refractivity contribution in [2.24, 2.45) is 0 Å². The zero-order valence-corrected chi connectivity index (χ0v) is 11.6. The normalized spacial score (nSPS) is 14.0.